The maximum Gasteiger partial charge on any atom is 0.406 e. The number of carbonyl (C=O) groups is 1. The molecule has 0 bridgehead atoms. The molecule has 1 aromatic rings. The van der Waals surface area contributed by atoms with Crippen molar-refractivity contribution in [3.63, 3.8) is 0 Å². The molecule has 56 valence electrons. The van der Waals surface area contributed by atoms with E-state index in [4.69, 9.17) is 17.1 Å². The van der Waals surface area contributed by atoms with Gasteiger partial charge in [0.1, 0.15) is 0 Å². The molecule has 4 heteroatoms. The van der Waals surface area contributed by atoms with E-state index in [-0.39, 0.29) is 0 Å². The molecule has 1 amide bonds. The van der Waals surface area contributed by atoms with E-state index in [1.807, 2.05) is 0 Å². The van der Waals surface area contributed by atoms with Crippen LogP contribution in [0.15, 0.2) is 24.3 Å². The Hall–Kier alpha value is -1.22. The quantitative estimate of drug-likeness (QED) is 0.613. The van der Waals surface area contributed by atoms with Crippen molar-refractivity contribution in [3.8, 4) is 0 Å². The number of carbonyl (C=O) groups excluding carboxylic acids is 1. The highest BCUT2D eigenvalue weighted by atomic mass is 35.5. The SMILES string of the molecule is [N-]=[NH+]C(=O)c1ccc(Cl)cc1. The third-order valence-corrected chi connectivity index (χ3v) is 1.46. The molecule has 1 rings (SSSR count). The van der Waals surface area contributed by atoms with Crippen LogP contribution in [-0.4, -0.2) is 5.91 Å². The molecule has 0 saturated carbocycles. The molecule has 0 heterocycles. The number of nitrogens with one attached hydrogen (secondary N) is 1. The monoisotopic (exact) mass is 168 g/mol. The van der Waals surface area contributed by atoms with Gasteiger partial charge in [0.15, 0.2) is 0 Å². The Morgan fingerprint density at radius 3 is 2.36 bits per heavy atom. The smallest absolute Gasteiger partial charge is 0.406 e. The van der Waals surface area contributed by atoms with Crippen molar-refractivity contribution in [2.75, 3.05) is 0 Å². The number of rotatable bonds is 1. The number of benzene rings is 1. The summed E-state index contributed by atoms with van der Waals surface area (Å²) in [7, 11) is 0. The van der Waals surface area contributed by atoms with Gasteiger partial charge in [0.05, 0.1) is 5.56 Å². The maximum absolute atomic E-state index is 10.7. The molecular formula is C7H5ClN2O. The van der Waals surface area contributed by atoms with Crippen molar-refractivity contribution >= 4 is 17.5 Å². The molecule has 0 unspecified atom stereocenters. The van der Waals surface area contributed by atoms with Crippen LogP contribution in [0.1, 0.15) is 10.4 Å². The van der Waals surface area contributed by atoms with Crippen LogP contribution in [-0.2, 0) is 0 Å². The highest BCUT2D eigenvalue weighted by molar-refractivity contribution is 6.30. The van der Waals surface area contributed by atoms with E-state index >= 15 is 0 Å². The van der Waals surface area contributed by atoms with Crippen LogP contribution in [0.3, 0.4) is 0 Å². The summed E-state index contributed by atoms with van der Waals surface area (Å²) in [5.41, 5.74) is 8.60. The zero-order chi connectivity index (χ0) is 8.27. The molecule has 1 aromatic carbocycles. The molecule has 3 nitrogen and oxygen atoms in total. The van der Waals surface area contributed by atoms with Gasteiger partial charge in [-0.2, -0.15) is 0 Å². The van der Waals surface area contributed by atoms with Crippen LogP contribution in [0.5, 0.6) is 0 Å². The van der Waals surface area contributed by atoms with E-state index in [0.717, 1.165) is 0 Å². The molecule has 0 aromatic heterocycles. The number of nitrogens with zero attached hydrogens (tertiary/aromatic N) is 1. The van der Waals surface area contributed by atoms with Gasteiger partial charge in [0.25, 0.3) is 0 Å². The minimum atomic E-state index is -0.540. The van der Waals surface area contributed by atoms with Gasteiger partial charge in [-0.25, -0.2) is 4.79 Å². The predicted molar refractivity (Wildman–Crippen MR) is 40.1 cm³/mol. The van der Waals surface area contributed by atoms with Gasteiger partial charge < -0.3 is 5.53 Å². The van der Waals surface area contributed by atoms with Gasteiger partial charge in [-0.1, -0.05) is 11.6 Å². The Balaban J connectivity index is 2.98. The highest BCUT2D eigenvalue weighted by Gasteiger charge is 2.04. The summed E-state index contributed by atoms with van der Waals surface area (Å²) in [5, 5.41) is 2.07. The first-order chi connectivity index (χ1) is 5.24. The minimum Gasteiger partial charge on any atom is -0.499 e. The van der Waals surface area contributed by atoms with Crippen LogP contribution < -0.4 is 5.11 Å². The van der Waals surface area contributed by atoms with E-state index in [1.165, 1.54) is 17.2 Å². The van der Waals surface area contributed by atoms with Crippen molar-refractivity contribution in [2.45, 2.75) is 0 Å². The fourth-order valence-corrected chi connectivity index (χ4v) is 0.792. The fourth-order valence-electron chi connectivity index (χ4n) is 0.666. The first-order valence-corrected chi connectivity index (χ1v) is 3.32. The normalized spacial score (nSPS) is 9.18. The Morgan fingerprint density at radius 1 is 1.36 bits per heavy atom. The van der Waals surface area contributed by atoms with Crippen molar-refractivity contribution in [1.82, 2.24) is 0 Å². The highest BCUT2D eigenvalue weighted by Crippen LogP contribution is 2.08. The molecule has 0 saturated heterocycles. The van der Waals surface area contributed by atoms with E-state index in [2.05, 4.69) is 0 Å². The predicted octanol–water partition coefficient (Wildman–Crippen LogP) is 0.582. The number of amides is 1. The summed E-state index contributed by atoms with van der Waals surface area (Å²) in [6, 6.07) is 6.19. The second kappa shape index (κ2) is 3.25. The molecule has 0 aliphatic carbocycles. The largest absolute Gasteiger partial charge is 0.499 e. The lowest BCUT2D eigenvalue weighted by atomic mass is 10.2. The lowest BCUT2D eigenvalue weighted by Gasteiger charge is -1.90. The first kappa shape index (κ1) is 7.88. The van der Waals surface area contributed by atoms with Gasteiger partial charge in [-0.15, -0.1) is 0 Å². The van der Waals surface area contributed by atoms with E-state index < -0.39 is 5.91 Å². The van der Waals surface area contributed by atoms with Crippen molar-refractivity contribution in [3.05, 3.63) is 40.4 Å². The fraction of sp³-hybridized carbons (Fsp3) is 0. The van der Waals surface area contributed by atoms with Crippen LogP contribution in [0.4, 0.5) is 0 Å². The molecule has 0 fully saturated rings. The van der Waals surface area contributed by atoms with E-state index in [9.17, 15) is 4.79 Å². The van der Waals surface area contributed by atoms with Crippen LogP contribution in [0.25, 0.3) is 5.53 Å². The van der Waals surface area contributed by atoms with Gasteiger partial charge in [-0.3, -0.25) is 5.11 Å². The summed E-state index contributed by atoms with van der Waals surface area (Å²) in [5.74, 6) is -0.540. The average molecular weight is 169 g/mol. The van der Waals surface area contributed by atoms with Gasteiger partial charge in [-0.05, 0) is 24.3 Å². The maximum atomic E-state index is 10.7. The van der Waals surface area contributed by atoms with Crippen molar-refractivity contribution in [2.24, 2.45) is 0 Å². The van der Waals surface area contributed by atoms with Gasteiger partial charge in [0.2, 0.25) is 0 Å². The zero-order valence-corrected chi connectivity index (χ0v) is 6.30. The lowest BCUT2D eigenvalue weighted by molar-refractivity contribution is -0.369. The molecule has 0 spiro atoms. The zero-order valence-electron chi connectivity index (χ0n) is 5.54. The first-order valence-electron chi connectivity index (χ1n) is 2.94. The third-order valence-electron chi connectivity index (χ3n) is 1.21. The standard InChI is InChI=1S/C7H5ClN2O/c8-6-3-1-5(2-4-6)7(11)10-9/h1-4,10H. The molecule has 0 aliphatic rings. The lowest BCUT2D eigenvalue weighted by Crippen LogP contribution is -2.68. The number of hydrogen-bond donors (Lipinski definition) is 1. The summed E-state index contributed by atoms with van der Waals surface area (Å²) in [4.78, 5) is 10.7. The summed E-state index contributed by atoms with van der Waals surface area (Å²) >= 11 is 5.57. The Morgan fingerprint density at radius 2 is 1.91 bits per heavy atom. The van der Waals surface area contributed by atoms with Crippen molar-refractivity contribution < 1.29 is 9.91 Å². The molecule has 0 atom stereocenters. The van der Waals surface area contributed by atoms with Gasteiger partial charge in [0, 0.05) is 5.02 Å². The summed E-state index contributed by atoms with van der Waals surface area (Å²) in [6.07, 6.45) is 0. The minimum absolute atomic E-state index is 0.372. The summed E-state index contributed by atoms with van der Waals surface area (Å²) < 4.78 is 0. The van der Waals surface area contributed by atoms with Crippen LogP contribution in [0, 0.1) is 0 Å². The average Bonchev–Trinajstić information content (AvgIpc) is 2.05. The van der Waals surface area contributed by atoms with Gasteiger partial charge >= 0.3 is 5.91 Å². The topological polar surface area (TPSA) is 53.3 Å². The molecule has 1 N–H and O–H groups in total. The van der Waals surface area contributed by atoms with E-state index in [1.54, 1.807) is 12.1 Å². The molecular weight excluding hydrogens is 164 g/mol. The number of hydrogen-bond acceptors (Lipinski definition) is 1. The number of halogens is 1. The molecule has 0 aliphatic heterocycles. The molecule has 11 heavy (non-hydrogen) atoms. The Labute approximate surface area is 68.5 Å². The second-order valence-corrected chi connectivity index (χ2v) is 2.38. The second-order valence-electron chi connectivity index (χ2n) is 1.95. The van der Waals surface area contributed by atoms with Crippen LogP contribution in [0.2, 0.25) is 5.02 Å². The third kappa shape index (κ3) is 1.85. The van der Waals surface area contributed by atoms with E-state index in [0.29, 0.717) is 10.6 Å². The van der Waals surface area contributed by atoms with Crippen LogP contribution >= 0.6 is 11.6 Å². The Bertz CT molecular complexity index is 281. The summed E-state index contributed by atoms with van der Waals surface area (Å²) in [6.45, 7) is 0. The van der Waals surface area contributed by atoms with Crippen molar-refractivity contribution in [1.29, 1.82) is 0 Å². The molecule has 0 radical (unpaired) electrons. The Kier molecular flexibility index (Phi) is 2.33.